The fourth-order valence-corrected chi connectivity index (χ4v) is 3.16. The highest BCUT2D eigenvalue weighted by molar-refractivity contribution is 6.11. The molecule has 0 aliphatic rings. The largest absolute Gasteiger partial charge is 0.446 e. The van der Waals surface area contributed by atoms with Crippen molar-refractivity contribution >= 4 is 22.7 Å². The Bertz CT molecular complexity index is 1030. The Balaban J connectivity index is 1.98. The highest BCUT2D eigenvalue weighted by Crippen LogP contribution is 2.29. The number of ketones is 1. The summed E-state index contributed by atoms with van der Waals surface area (Å²) in [5.74, 6) is -0.812. The van der Waals surface area contributed by atoms with E-state index in [1.54, 1.807) is 36.6 Å². The lowest BCUT2D eigenvalue weighted by Gasteiger charge is -2.16. The minimum absolute atomic E-state index is 0.251. The molecular weight excluding hydrogens is 350 g/mol. The van der Waals surface area contributed by atoms with Crippen molar-refractivity contribution < 1.29 is 14.3 Å². The van der Waals surface area contributed by atoms with Crippen LogP contribution in [0.3, 0.4) is 0 Å². The lowest BCUT2D eigenvalue weighted by atomic mass is 9.98. The molecule has 0 unspecified atom stereocenters. The molecule has 4 nitrogen and oxygen atoms in total. The zero-order valence-corrected chi connectivity index (χ0v) is 16.0. The lowest BCUT2D eigenvalue weighted by Crippen LogP contribution is -2.19. The molecule has 142 valence electrons. The van der Waals surface area contributed by atoms with Gasteiger partial charge in [0.05, 0.1) is 0 Å². The van der Waals surface area contributed by atoms with Crippen LogP contribution in [-0.2, 0) is 16.0 Å². The van der Waals surface area contributed by atoms with Gasteiger partial charge in [-0.15, -0.1) is 0 Å². The topological polar surface area (TPSA) is 59.2 Å². The van der Waals surface area contributed by atoms with Gasteiger partial charge in [0.1, 0.15) is 0 Å². The molecular formula is C24H23NO3. The molecule has 0 aliphatic heterocycles. The first-order valence-corrected chi connectivity index (χ1v) is 9.33. The first-order chi connectivity index (χ1) is 13.7. The molecule has 4 heteroatoms. The third kappa shape index (κ3) is 4.12. The van der Waals surface area contributed by atoms with Crippen LogP contribution in [0.15, 0.2) is 79.0 Å². The van der Waals surface area contributed by atoms with Crippen LogP contribution in [0.5, 0.6) is 0 Å². The van der Waals surface area contributed by atoms with Crippen molar-refractivity contribution in [2.45, 2.75) is 26.4 Å². The number of allylic oxidation sites excluding steroid dienone is 3. The Labute approximate surface area is 164 Å². The molecule has 0 spiro atoms. The second kappa shape index (κ2) is 9.00. The van der Waals surface area contributed by atoms with Crippen molar-refractivity contribution in [3.63, 3.8) is 0 Å². The molecule has 3 aromatic rings. The number of carbonyl (C=O) groups is 2. The van der Waals surface area contributed by atoms with Gasteiger partial charge in [-0.05, 0) is 18.9 Å². The van der Waals surface area contributed by atoms with E-state index in [1.807, 2.05) is 43.3 Å². The summed E-state index contributed by atoms with van der Waals surface area (Å²) in [5.41, 5.74) is 3.24. The molecule has 0 saturated heterocycles. The van der Waals surface area contributed by atoms with Crippen molar-refractivity contribution in [2.75, 3.05) is 0 Å². The van der Waals surface area contributed by atoms with Gasteiger partial charge in [-0.1, -0.05) is 73.7 Å². The second-order valence-corrected chi connectivity index (χ2v) is 6.37. The summed E-state index contributed by atoms with van der Waals surface area (Å²) < 4.78 is 5.55. The van der Waals surface area contributed by atoms with E-state index in [1.165, 1.54) is 6.08 Å². The average Bonchev–Trinajstić information content (AvgIpc) is 3.16. The molecule has 1 aromatic heterocycles. The fourth-order valence-electron chi connectivity index (χ4n) is 3.16. The van der Waals surface area contributed by atoms with Gasteiger partial charge in [-0.3, -0.25) is 4.79 Å². The van der Waals surface area contributed by atoms with Crippen LogP contribution in [0.4, 0.5) is 0 Å². The van der Waals surface area contributed by atoms with E-state index in [4.69, 9.17) is 4.74 Å². The average molecular weight is 373 g/mol. The van der Waals surface area contributed by atoms with E-state index < -0.39 is 12.1 Å². The van der Waals surface area contributed by atoms with Crippen LogP contribution in [0.25, 0.3) is 10.9 Å². The highest BCUT2D eigenvalue weighted by Gasteiger charge is 2.27. The van der Waals surface area contributed by atoms with Gasteiger partial charge < -0.3 is 9.72 Å². The summed E-state index contributed by atoms with van der Waals surface area (Å²) in [5, 5.41) is 0.839. The number of para-hydroxylation sites is 1. The van der Waals surface area contributed by atoms with Gasteiger partial charge in [0.25, 0.3) is 0 Å². The summed E-state index contributed by atoms with van der Waals surface area (Å²) in [7, 11) is 0. The maximum atomic E-state index is 13.4. The highest BCUT2D eigenvalue weighted by atomic mass is 16.5. The number of benzene rings is 2. The van der Waals surface area contributed by atoms with Crippen LogP contribution in [-0.4, -0.2) is 16.7 Å². The maximum absolute atomic E-state index is 13.4. The first-order valence-electron chi connectivity index (χ1n) is 9.33. The number of hydrogen-bond donors (Lipinski definition) is 1. The predicted molar refractivity (Wildman–Crippen MR) is 111 cm³/mol. The number of Topliss-reactive ketones (excluding diaryl/α,β-unsaturated/α-hetero) is 1. The van der Waals surface area contributed by atoms with E-state index in [9.17, 15) is 9.59 Å². The molecule has 2 aromatic carbocycles. The Morgan fingerprint density at radius 2 is 1.86 bits per heavy atom. The normalized spacial score (nSPS) is 12.6. The molecule has 0 fully saturated rings. The third-order valence-electron chi connectivity index (χ3n) is 4.56. The molecule has 0 radical (unpaired) electrons. The minimum Gasteiger partial charge on any atom is -0.446 e. The lowest BCUT2D eigenvalue weighted by molar-refractivity contribution is -0.141. The van der Waals surface area contributed by atoms with Gasteiger partial charge in [0, 0.05) is 34.3 Å². The van der Waals surface area contributed by atoms with Crippen LogP contribution in [0.2, 0.25) is 0 Å². The number of aryl methyl sites for hydroxylation is 1. The van der Waals surface area contributed by atoms with Crippen molar-refractivity contribution in [3.8, 4) is 0 Å². The van der Waals surface area contributed by atoms with Gasteiger partial charge in [0.2, 0.25) is 5.78 Å². The molecule has 0 amide bonds. The number of rotatable bonds is 7. The number of carbonyl (C=O) groups excluding carboxylic acids is 2. The van der Waals surface area contributed by atoms with Crippen molar-refractivity contribution in [1.29, 1.82) is 0 Å². The SMILES string of the molecule is C/C=C/C=C/C(=O)O[C@H](C(=O)c1c[nH]c2c(CC)cccc12)c1ccccc1. The summed E-state index contributed by atoms with van der Waals surface area (Å²) in [6.45, 7) is 3.93. The van der Waals surface area contributed by atoms with Crippen LogP contribution in [0.1, 0.15) is 41.4 Å². The number of aromatic nitrogens is 1. The third-order valence-corrected chi connectivity index (χ3v) is 4.56. The van der Waals surface area contributed by atoms with Crippen LogP contribution in [0, 0.1) is 0 Å². The summed E-state index contributed by atoms with van der Waals surface area (Å²) >= 11 is 0. The Hall–Kier alpha value is -3.40. The predicted octanol–water partition coefficient (Wildman–Crippen LogP) is 5.33. The number of aromatic amines is 1. The number of H-pyrrole nitrogens is 1. The summed E-state index contributed by atoms with van der Waals surface area (Å²) in [4.78, 5) is 28.8. The monoisotopic (exact) mass is 373 g/mol. The van der Waals surface area contributed by atoms with Crippen LogP contribution < -0.4 is 0 Å². The summed E-state index contributed by atoms with van der Waals surface area (Å²) in [6, 6.07) is 15.0. The van der Waals surface area contributed by atoms with Crippen molar-refractivity contribution in [2.24, 2.45) is 0 Å². The molecule has 0 aliphatic carbocycles. The first kappa shape index (κ1) is 19.4. The Morgan fingerprint density at radius 3 is 2.57 bits per heavy atom. The van der Waals surface area contributed by atoms with Gasteiger partial charge in [0.15, 0.2) is 6.10 Å². The Kier molecular flexibility index (Phi) is 6.22. The van der Waals surface area contributed by atoms with E-state index in [0.29, 0.717) is 11.1 Å². The van der Waals surface area contributed by atoms with E-state index in [2.05, 4.69) is 11.9 Å². The van der Waals surface area contributed by atoms with E-state index in [0.717, 1.165) is 22.9 Å². The number of hydrogen-bond acceptors (Lipinski definition) is 3. The van der Waals surface area contributed by atoms with Gasteiger partial charge in [-0.25, -0.2) is 4.79 Å². The smallest absolute Gasteiger partial charge is 0.331 e. The molecule has 1 heterocycles. The van der Waals surface area contributed by atoms with Crippen molar-refractivity contribution in [1.82, 2.24) is 4.98 Å². The molecule has 1 N–H and O–H groups in total. The van der Waals surface area contributed by atoms with E-state index >= 15 is 0 Å². The minimum atomic E-state index is -1.01. The fraction of sp³-hybridized carbons (Fsp3) is 0.167. The number of fused-ring (bicyclic) bond motifs is 1. The quantitative estimate of drug-likeness (QED) is 0.264. The molecule has 1 atom stereocenters. The van der Waals surface area contributed by atoms with E-state index in [-0.39, 0.29) is 5.78 Å². The van der Waals surface area contributed by atoms with Crippen molar-refractivity contribution in [3.05, 3.63) is 95.7 Å². The molecule has 3 rings (SSSR count). The van der Waals surface area contributed by atoms with Crippen LogP contribution >= 0.6 is 0 Å². The molecule has 0 saturated carbocycles. The van der Waals surface area contributed by atoms with Gasteiger partial charge in [-0.2, -0.15) is 0 Å². The molecule has 28 heavy (non-hydrogen) atoms. The Morgan fingerprint density at radius 1 is 1.07 bits per heavy atom. The van der Waals surface area contributed by atoms with Gasteiger partial charge >= 0.3 is 5.97 Å². The number of esters is 1. The maximum Gasteiger partial charge on any atom is 0.331 e. The summed E-state index contributed by atoms with van der Waals surface area (Å²) in [6.07, 6.45) is 7.99. The molecule has 0 bridgehead atoms. The second-order valence-electron chi connectivity index (χ2n) is 6.37. The zero-order valence-electron chi connectivity index (χ0n) is 16.0. The standard InChI is InChI=1S/C24H23NO3/c1-3-5-7-15-21(26)28-24(18-11-8-6-9-12-18)23(27)20-16-25-22-17(4-2)13-10-14-19(20)22/h3,5-16,24-25H,4H2,1-2H3/b5-3+,15-7+/t24-/m0/s1. The number of nitrogens with one attached hydrogen (secondary N) is 1. The zero-order chi connectivity index (χ0) is 19.9. The number of ether oxygens (including phenoxy) is 1.